The van der Waals surface area contributed by atoms with Crippen LogP contribution in [0.3, 0.4) is 0 Å². The Balaban J connectivity index is 2.22. The zero-order chi connectivity index (χ0) is 21.1. The maximum Gasteiger partial charge on any atom is 0.161 e. The molecule has 3 rings (SSSR count). The molecule has 0 amide bonds. The summed E-state index contributed by atoms with van der Waals surface area (Å²) in [5.74, 6) is 1.49. The lowest BCUT2D eigenvalue weighted by molar-refractivity contribution is 0.287. The second kappa shape index (κ2) is 8.08. The Morgan fingerprint density at radius 1 is 1.07 bits per heavy atom. The maximum absolute atomic E-state index is 9.67. The average molecular weight is 386 g/mol. The largest absolute Gasteiger partial charge is 0.490 e. The van der Waals surface area contributed by atoms with Gasteiger partial charge in [-0.1, -0.05) is 6.07 Å². The van der Waals surface area contributed by atoms with Crippen LogP contribution >= 0.6 is 0 Å². The Bertz CT molecular complexity index is 1130. The molecule has 0 unspecified atom stereocenters. The number of fused-ring (bicyclic) bond motifs is 1. The van der Waals surface area contributed by atoms with Crippen LogP contribution in [0.5, 0.6) is 11.5 Å². The summed E-state index contributed by atoms with van der Waals surface area (Å²) < 4.78 is 11.3. The highest BCUT2D eigenvalue weighted by Gasteiger charge is 2.29. The fraction of sp³-hybridized carbons (Fsp3) is 0.261. The minimum Gasteiger partial charge on any atom is -0.490 e. The summed E-state index contributed by atoms with van der Waals surface area (Å²) >= 11 is 0. The molecule has 146 valence electrons. The van der Waals surface area contributed by atoms with Gasteiger partial charge < -0.3 is 15.2 Å². The van der Waals surface area contributed by atoms with Gasteiger partial charge in [0.15, 0.2) is 11.5 Å². The van der Waals surface area contributed by atoms with Crippen LogP contribution < -0.4 is 15.2 Å². The lowest BCUT2D eigenvalue weighted by atomic mass is 9.95. The topological polar surface area (TPSA) is 105 Å². The van der Waals surface area contributed by atoms with Gasteiger partial charge in [-0.05, 0) is 68.2 Å². The summed E-state index contributed by atoms with van der Waals surface area (Å²) in [4.78, 5) is 4.35. The molecule has 2 N–H and O–H groups in total. The predicted octanol–water partition coefficient (Wildman–Crippen LogP) is 4.49. The van der Waals surface area contributed by atoms with Crippen molar-refractivity contribution in [3.63, 3.8) is 0 Å². The number of pyridine rings is 1. The molecule has 2 aromatic rings. The van der Waals surface area contributed by atoms with E-state index in [0.29, 0.717) is 41.5 Å². The molecule has 0 saturated heterocycles. The number of benzene rings is 1. The number of hydrogen-bond donors (Lipinski definition) is 1. The molecule has 1 aromatic heterocycles. The van der Waals surface area contributed by atoms with Gasteiger partial charge in [-0.25, -0.2) is 4.98 Å². The van der Waals surface area contributed by atoms with Crippen molar-refractivity contribution in [2.45, 2.75) is 27.7 Å². The van der Waals surface area contributed by atoms with E-state index in [0.717, 1.165) is 27.8 Å². The molecular formula is C23H22N4O2. The van der Waals surface area contributed by atoms with Crippen molar-refractivity contribution in [3.05, 3.63) is 51.7 Å². The van der Waals surface area contributed by atoms with Crippen LogP contribution in [0.4, 0.5) is 5.82 Å². The summed E-state index contributed by atoms with van der Waals surface area (Å²) in [5, 5.41) is 19.1. The Morgan fingerprint density at radius 3 is 2.38 bits per heavy atom. The predicted molar refractivity (Wildman–Crippen MR) is 113 cm³/mol. The lowest BCUT2D eigenvalue weighted by Gasteiger charge is -2.13. The van der Waals surface area contributed by atoms with E-state index >= 15 is 0 Å². The number of nitrogens with zero attached hydrogens (tertiary/aromatic N) is 3. The van der Waals surface area contributed by atoms with Gasteiger partial charge in [0, 0.05) is 5.56 Å². The fourth-order valence-electron chi connectivity index (χ4n) is 3.52. The molecule has 6 heteroatoms. The quantitative estimate of drug-likeness (QED) is 0.811. The molecule has 0 radical (unpaired) electrons. The van der Waals surface area contributed by atoms with E-state index < -0.39 is 0 Å². The van der Waals surface area contributed by atoms with Crippen molar-refractivity contribution in [1.29, 1.82) is 10.5 Å². The van der Waals surface area contributed by atoms with Crippen molar-refractivity contribution in [1.82, 2.24) is 4.98 Å². The van der Waals surface area contributed by atoms with E-state index in [1.165, 1.54) is 0 Å². The van der Waals surface area contributed by atoms with Crippen molar-refractivity contribution in [2.24, 2.45) is 0 Å². The average Bonchev–Trinajstić information content (AvgIpc) is 2.95. The van der Waals surface area contributed by atoms with E-state index in [9.17, 15) is 10.5 Å². The maximum atomic E-state index is 9.67. The first-order valence-electron chi connectivity index (χ1n) is 9.40. The van der Waals surface area contributed by atoms with Crippen LogP contribution in [0.1, 0.15) is 48.7 Å². The van der Waals surface area contributed by atoms with Gasteiger partial charge in [0.1, 0.15) is 18.0 Å². The Labute approximate surface area is 170 Å². The molecular weight excluding hydrogens is 364 g/mol. The molecule has 1 aliphatic carbocycles. The van der Waals surface area contributed by atoms with Crippen molar-refractivity contribution < 1.29 is 9.47 Å². The number of nitrogens with two attached hydrogens (primary N) is 1. The number of rotatable bonds is 5. The fourth-order valence-corrected chi connectivity index (χ4v) is 3.52. The van der Waals surface area contributed by atoms with Crippen LogP contribution in [-0.4, -0.2) is 18.2 Å². The van der Waals surface area contributed by atoms with Crippen molar-refractivity contribution in [2.75, 3.05) is 18.9 Å². The normalized spacial score (nSPS) is 13.8. The van der Waals surface area contributed by atoms with E-state index in [2.05, 4.69) is 17.1 Å². The van der Waals surface area contributed by atoms with Gasteiger partial charge in [0.05, 0.1) is 30.0 Å². The summed E-state index contributed by atoms with van der Waals surface area (Å²) in [5.41, 5.74) is 11.3. The number of aromatic nitrogens is 1. The number of ether oxygens (including phenoxy) is 2. The monoisotopic (exact) mass is 386 g/mol. The third-order valence-corrected chi connectivity index (χ3v) is 4.86. The van der Waals surface area contributed by atoms with Crippen LogP contribution in [0.15, 0.2) is 23.8 Å². The molecule has 1 aromatic carbocycles. The van der Waals surface area contributed by atoms with Crippen LogP contribution in [0, 0.1) is 29.6 Å². The second-order valence-electron chi connectivity index (χ2n) is 6.57. The third kappa shape index (κ3) is 3.41. The zero-order valence-corrected chi connectivity index (χ0v) is 17.0. The molecule has 1 aliphatic rings. The van der Waals surface area contributed by atoms with Gasteiger partial charge in [-0.2, -0.15) is 10.5 Å². The van der Waals surface area contributed by atoms with E-state index in [1.807, 2.05) is 52.0 Å². The number of hydrogen-bond acceptors (Lipinski definition) is 6. The molecule has 0 saturated carbocycles. The van der Waals surface area contributed by atoms with Gasteiger partial charge in [-0.15, -0.1) is 0 Å². The van der Waals surface area contributed by atoms with Crippen molar-refractivity contribution >= 4 is 23.0 Å². The minimum absolute atomic E-state index is 0.144. The van der Waals surface area contributed by atoms with Gasteiger partial charge in [-0.3, -0.25) is 0 Å². The smallest absolute Gasteiger partial charge is 0.161 e. The number of anilines is 1. The van der Waals surface area contributed by atoms with E-state index in [4.69, 9.17) is 15.2 Å². The van der Waals surface area contributed by atoms with Gasteiger partial charge in [0.2, 0.25) is 0 Å². The summed E-state index contributed by atoms with van der Waals surface area (Å²) in [6.07, 6.45) is 1.97. The van der Waals surface area contributed by atoms with Crippen LogP contribution in [-0.2, 0) is 0 Å². The van der Waals surface area contributed by atoms with Crippen LogP contribution in [0.25, 0.3) is 17.2 Å². The Morgan fingerprint density at radius 2 is 1.76 bits per heavy atom. The van der Waals surface area contributed by atoms with Crippen LogP contribution in [0.2, 0.25) is 0 Å². The number of allylic oxidation sites excluding steroid dienone is 3. The molecule has 0 spiro atoms. The summed E-state index contributed by atoms with van der Waals surface area (Å²) in [6, 6.07) is 10.1. The molecule has 29 heavy (non-hydrogen) atoms. The molecule has 0 fully saturated rings. The molecule has 0 bridgehead atoms. The second-order valence-corrected chi connectivity index (χ2v) is 6.57. The lowest BCUT2D eigenvalue weighted by Crippen LogP contribution is -2.03. The summed E-state index contributed by atoms with van der Waals surface area (Å²) in [7, 11) is 0. The number of nitrogen functional groups attached to an aromatic ring is 1. The Kier molecular flexibility index (Phi) is 5.57. The van der Waals surface area contributed by atoms with E-state index in [-0.39, 0.29) is 5.82 Å². The van der Waals surface area contributed by atoms with E-state index in [1.54, 1.807) is 0 Å². The first-order valence-corrected chi connectivity index (χ1v) is 9.40. The highest BCUT2D eigenvalue weighted by Crippen LogP contribution is 2.44. The summed E-state index contributed by atoms with van der Waals surface area (Å²) in [6.45, 7) is 8.63. The van der Waals surface area contributed by atoms with Gasteiger partial charge >= 0.3 is 0 Å². The van der Waals surface area contributed by atoms with Gasteiger partial charge in [0.25, 0.3) is 0 Å². The molecule has 0 aliphatic heterocycles. The Hall–Kier alpha value is -3.77. The zero-order valence-electron chi connectivity index (χ0n) is 17.0. The number of nitriles is 2. The third-order valence-electron chi connectivity index (χ3n) is 4.86. The highest BCUT2D eigenvalue weighted by molar-refractivity contribution is 6.08. The first-order chi connectivity index (χ1) is 14.0. The minimum atomic E-state index is 0.144. The first kappa shape index (κ1) is 20.0. The molecule has 1 heterocycles. The molecule has 0 atom stereocenters. The SMILES string of the molecule is CCOc1ccc(/C=C2/C(C)=C(C#N)c3nc(N)c(C#N)c(C)c32)cc1OCC. The highest BCUT2D eigenvalue weighted by atomic mass is 16.5. The molecule has 6 nitrogen and oxygen atoms in total. The van der Waals surface area contributed by atoms with Crippen molar-refractivity contribution in [3.8, 4) is 23.6 Å². The standard InChI is InChI=1S/C23H22N4O2/c1-5-28-19-8-7-15(10-20(19)29-6-2)9-16-13(3)17(11-24)22-21(16)14(4)18(12-25)23(26)27-22/h7-10H,5-6H2,1-4H3,(H2,26,27)/b16-9-.